The predicted octanol–water partition coefficient (Wildman–Crippen LogP) is 2.60. The molecule has 2 amide bonds. The van der Waals surface area contributed by atoms with Gasteiger partial charge in [0, 0.05) is 13.1 Å². The fraction of sp³-hybridized carbons (Fsp3) is 0.500. The molecule has 0 aromatic heterocycles. The number of nitriles is 1. The Morgan fingerprint density at radius 2 is 1.96 bits per heavy atom. The first-order valence-corrected chi connectivity index (χ1v) is 8.27. The summed E-state index contributed by atoms with van der Waals surface area (Å²) in [5, 5.41) is 11.8. The van der Waals surface area contributed by atoms with Crippen LogP contribution >= 0.6 is 0 Å². The van der Waals surface area contributed by atoms with Crippen LogP contribution in [0.4, 0.5) is 4.79 Å². The van der Waals surface area contributed by atoms with E-state index in [1.165, 1.54) is 0 Å². The van der Waals surface area contributed by atoms with Gasteiger partial charge in [-0.2, -0.15) is 5.26 Å². The van der Waals surface area contributed by atoms with Crippen LogP contribution in [0, 0.1) is 17.2 Å². The monoisotopic (exact) mass is 329 g/mol. The van der Waals surface area contributed by atoms with Gasteiger partial charge in [0.15, 0.2) is 0 Å². The Kier molecular flexibility index (Phi) is 6.19. The van der Waals surface area contributed by atoms with Gasteiger partial charge in [0.2, 0.25) is 0 Å². The number of rotatable bonds is 4. The molecule has 6 nitrogen and oxygen atoms in total. The van der Waals surface area contributed by atoms with Crippen molar-refractivity contribution in [3.63, 3.8) is 0 Å². The molecule has 0 aliphatic carbocycles. The van der Waals surface area contributed by atoms with Crippen LogP contribution in [0.25, 0.3) is 0 Å². The van der Waals surface area contributed by atoms with Crippen molar-refractivity contribution >= 4 is 12.0 Å². The zero-order chi connectivity index (χ0) is 17.5. The minimum atomic E-state index is -0.163. The summed E-state index contributed by atoms with van der Waals surface area (Å²) in [6.07, 6.45) is 1.27. The zero-order valence-corrected chi connectivity index (χ0v) is 14.1. The van der Waals surface area contributed by atoms with Crippen molar-refractivity contribution in [1.29, 1.82) is 5.26 Å². The molecule has 1 fully saturated rings. The molecular weight excluding hydrogens is 306 g/mol. The van der Waals surface area contributed by atoms with Gasteiger partial charge < -0.3 is 15.0 Å². The molecule has 1 aliphatic heterocycles. The topological polar surface area (TPSA) is 82.4 Å². The van der Waals surface area contributed by atoms with E-state index in [-0.39, 0.29) is 24.0 Å². The number of urea groups is 1. The third kappa shape index (κ3) is 4.48. The summed E-state index contributed by atoms with van der Waals surface area (Å²) >= 11 is 0. The van der Waals surface area contributed by atoms with Gasteiger partial charge in [-0.25, -0.2) is 4.79 Å². The lowest BCUT2D eigenvalue weighted by Crippen LogP contribution is -2.46. The van der Waals surface area contributed by atoms with E-state index >= 15 is 0 Å². The molecule has 0 saturated carbocycles. The van der Waals surface area contributed by atoms with E-state index in [1.54, 1.807) is 24.0 Å². The molecule has 1 aliphatic rings. The standard InChI is InChI=1S/C18H23N3O3/c1-3-24-17(22)16-8-10-21(11-9-16)18(23)20-13(2)15-6-4-14(12-19)5-7-15/h4-7,13,16H,3,8-11H2,1-2H3,(H,20,23). The minimum Gasteiger partial charge on any atom is -0.466 e. The largest absolute Gasteiger partial charge is 0.466 e. The van der Waals surface area contributed by atoms with Crippen molar-refractivity contribution in [3.8, 4) is 6.07 Å². The second-order valence-electron chi connectivity index (χ2n) is 5.92. The summed E-state index contributed by atoms with van der Waals surface area (Å²) in [6.45, 7) is 5.20. The third-order valence-corrected chi connectivity index (χ3v) is 4.28. The summed E-state index contributed by atoms with van der Waals surface area (Å²) in [6, 6.07) is 8.96. The molecule has 1 aromatic carbocycles. The first-order valence-electron chi connectivity index (χ1n) is 8.27. The van der Waals surface area contributed by atoms with Gasteiger partial charge in [-0.3, -0.25) is 4.79 Å². The van der Waals surface area contributed by atoms with Gasteiger partial charge in [0.25, 0.3) is 0 Å². The van der Waals surface area contributed by atoms with Crippen LogP contribution in [0.2, 0.25) is 0 Å². The molecule has 2 rings (SSSR count). The first-order chi connectivity index (χ1) is 11.5. The Bertz CT molecular complexity index is 613. The lowest BCUT2D eigenvalue weighted by Gasteiger charge is -2.31. The maximum Gasteiger partial charge on any atom is 0.317 e. The Labute approximate surface area is 142 Å². The van der Waals surface area contributed by atoms with Gasteiger partial charge in [0.1, 0.15) is 0 Å². The fourth-order valence-corrected chi connectivity index (χ4v) is 2.78. The Morgan fingerprint density at radius 3 is 2.50 bits per heavy atom. The summed E-state index contributed by atoms with van der Waals surface area (Å²) in [5.74, 6) is -0.270. The molecule has 0 spiro atoms. The van der Waals surface area contributed by atoms with E-state index < -0.39 is 0 Å². The SMILES string of the molecule is CCOC(=O)C1CCN(C(=O)NC(C)c2ccc(C#N)cc2)CC1. The molecule has 1 saturated heterocycles. The average molecular weight is 329 g/mol. The van der Waals surface area contributed by atoms with E-state index in [1.807, 2.05) is 19.1 Å². The molecule has 24 heavy (non-hydrogen) atoms. The number of benzene rings is 1. The Balaban J connectivity index is 1.84. The van der Waals surface area contributed by atoms with Crippen LogP contribution < -0.4 is 5.32 Å². The predicted molar refractivity (Wildman–Crippen MR) is 89.0 cm³/mol. The van der Waals surface area contributed by atoms with E-state index in [0.717, 1.165) is 5.56 Å². The molecule has 0 bridgehead atoms. The van der Waals surface area contributed by atoms with Crippen LogP contribution in [0.3, 0.4) is 0 Å². The van der Waals surface area contributed by atoms with Crippen LogP contribution in [0.15, 0.2) is 24.3 Å². The maximum absolute atomic E-state index is 12.4. The lowest BCUT2D eigenvalue weighted by molar-refractivity contribution is -0.149. The number of nitrogens with zero attached hydrogens (tertiary/aromatic N) is 2. The van der Waals surface area contributed by atoms with Crippen LogP contribution in [0.5, 0.6) is 0 Å². The zero-order valence-electron chi connectivity index (χ0n) is 14.1. The van der Waals surface area contributed by atoms with E-state index in [4.69, 9.17) is 10.00 Å². The number of piperidine rings is 1. The highest BCUT2D eigenvalue weighted by molar-refractivity contribution is 5.76. The maximum atomic E-state index is 12.4. The molecule has 1 heterocycles. The second kappa shape index (κ2) is 8.34. The summed E-state index contributed by atoms with van der Waals surface area (Å²) in [4.78, 5) is 25.8. The highest BCUT2D eigenvalue weighted by atomic mass is 16.5. The van der Waals surface area contributed by atoms with Crippen molar-refractivity contribution in [2.75, 3.05) is 19.7 Å². The van der Waals surface area contributed by atoms with E-state index in [9.17, 15) is 9.59 Å². The number of likely N-dealkylation sites (tertiary alicyclic amines) is 1. The number of hydrogen-bond acceptors (Lipinski definition) is 4. The second-order valence-corrected chi connectivity index (χ2v) is 5.92. The average Bonchev–Trinajstić information content (AvgIpc) is 2.62. The molecule has 6 heteroatoms. The summed E-state index contributed by atoms with van der Waals surface area (Å²) in [7, 11) is 0. The minimum absolute atomic E-state index is 0.107. The number of carbonyl (C=O) groups is 2. The number of hydrogen-bond donors (Lipinski definition) is 1. The number of ether oxygens (including phenoxy) is 1. The van der Waals surface area contributed by atoms with Crippen LogP contribution in [-0.2, 0) is 9.53 Å². The van der Waals surface area contributed by atoms with Gasteiger partial charge in [-0.1, -0.05) is 12.1 Å². The van der Waals surface area contributed by atoms with Crippen molar-refractivity contribution in [2.45, 2.75) is 32.7 Å². The summed E-state index contributed by atoms with van der Waals surface area (Å²) < 4.78 is 5.04. The number of carbonyl (C=O) groups excluding carboxylic acids is 2. The van der Waals surface area contributed by atoms with Gasteiger partial charge in [-0.05, 0) is 44.4 Å². The highest BCUT2D eigenvalue weighted by Crippen LogP contribution is 2.20. The molecule has 128 valence electrons. The van der Waals surface area contributed by atoms with Crippen molar-refractivity contribution in [1.82, 2.24) is 10.2 Å². The lowest BCUT2D eigenvalue weighted by atomic mass is 9.97. The van der Waals surface area contributed by atoms with Gasteiger partial charge >= 0.3 is 12.0 Å². The number of amides is 2. The number of esters is 1. The van der Waals surface area contributed by atoms with Crippen LogP contribution in [0.1, 0.15) is 43.9 Å². The Morgan fingerprint density at radius 1 is 1.33 bits per heavy atom. The summed E-state index contributed by atoms with van der Waals surface area (Å²) in [5.41, 5.74) is 1.54. The molecule has 0 radical (unpaired) electrons. The molecule has 1 N–H and O–H groups in total. The van der Waals surface area contributed by atoms with Crippen LogP contribution in [-0.4, -0.2) is 36.6 Å². The third-order valence-electron chi connectivity index (χ3n) is 4.28. The smallest absolute Gasteiger partial charge is 0.317 e. The quantitative estimate of drug-likeness (QED) is 0.861. The van der Waals surface area contributed by atoms with Crippen molar-refractivity contribution in [3.05, 3.63) is 35.4 Å². The molecule has 1 aromatic rings. The molecule has 1 unspecified atom stereocenters. The van der Waals surface area contributed by atoms with E-state index in [0.29, 0.717) is 38.1 Å². The molecule has 1 atom stereocenters. The van der Waals surface area contributed by atoms with Gasteiger partial charge in [0.05, 0.1) is 30.2 Å². The van der Waals surface area contributed by atoms with Crippen molar-refractivity contribution in [2.24, 2.45) is 5.92 Å². The highest BCUT2D eigenvalue weighted by Gasteiger charge is 2.28. The number of nitrogens with one attached hydrogen (secondary N) is 1. The fourth-order valence-electron chi connectivity index (χ4n) is 2.78. The first kappa shape index (κ1) is 17.8. The molecular formula is C18H23N3O3. The normalized spacial score (nSPS) is 16.1. The Hall–Kier alpha value is -2.55. The van der Waals surface area contributed by atoms with Crippen molar-refractivity contribution < 1.29 is 14.3 Å². The van der Waals surface area contributed by atoms with Gasteiger partial charge in [-0.15, -0.1) is 0 Å². The van der Waals surface area contributed by atoms with E-state index in [2.05, 4.69) is 11.4 Å².